The summed E-state index contributed by atoms with van der Waals surface area (Å²) >= 11 is 0. The molecule has 0 fully saturated rings. The standard InChI is InChI=1S/C16H12FN3O2/c17-12-7-4-8-13(9-12)20-16(11-5-2-1-3-6-11)14(18-19-20)10-15(21)22/h1-9H,10H2,(H,21,22). The van der Waals surface area contributed by atoms with E-state index < -0.39 is 11.8 Å². The van der Waals surface area contributed by atoms with Crippen LogP contribution in [0, 0.1) is 5.82 Å². The van der Waals surface area contributed by atoms with Crippen molar-refractivity contribution >= 4 is 5.97 Å². The summed E-state index contributed by atoms with van der Waals surface area (Å²) in [4.78, 5) is 11.0. The topological polar surface area (TPSA) is 68.0 Å². The molecular weight excluding hydrogens is 285 g/mol. The summed E-state index contributed by atoms with van der Waals surface area (Å²) in [6.07, 6.45) is -0.250. The molecule has 3 rings (SSSR count). The largest absolute Gasteiger partial charge is 0.481 e. The van der Waals surface area contributed by atoms with Gasteiger partial charge >= 0.3 is 5.97 Å². The van der Waals surface area contributed by atoms with Crippen molar-refractivity contribution in [1.29, 1.82) is 0 Å². The molecular formula is C16H12FN3O2. The first-order chi connectivity index (χ1) is 10.6. The summed E-state index contributed by atoms with van der Waals surface area (Å²) in [5.41, 5.74) is 2.15. The molecule has 1 N–H and O–H groups in total. The highest BCUT2D eigenvalue weighted by atomic mass is 19.1. The van der Waals surface area contributed by atoms with Crippen molar-refractivity contribution in [2.45, 2.75) is 6.42 Å². The fourth-order valence-electron chi connectivity index (χ4n) is 2.25. The van der Waals surface area contributed by atoms with Crippen LogP contribution in [-0.4, -0.2) is 26.1 Å². The quantitative estimate of drug-likeness (QED) is 0.804. The first-order valence-corrected chi connectivity index (χ1v) is 6.63. The monoisotopic (exact) mass is 297 g/mol. The maximum atomic E-state index is 13.4. The van der Waals surface area contributed by atoms with Crippen molar-refractivity contribution in [3.63, 3.8) is 0 Å². The van der Waals surface area contributed by atoms with E-state index in [1.54, 1.807) is 12.1 Å². The highest BCUT2D eigenvalue weighted by molar-refractivity contribution is 5.74. The van der Waals surface area contributed by atoms with Crippen molar-refractivity contribution in [2.24, 2.45) is 0 Å². The number of hydrogen-bond donors (Lipinski definition) is 1. The van der Waals surface area contributed by atoms with E-state index in [-0.39, 0.29) is 6.42 Å². The van der Waals surface area contributed by atoms with Crippen molar-refractivity contribution in [3.8, 4) is 16.9 Å². The van der Waals surface area contributed by atoms with Crippen molar-refractivity contribution < 1.29 is 14.3 Å². The minimum atomic E-state index is -0.997. The number of halogens is 1. The summed E-state index contributed by atoms with van der Waals surface area (Å²) in [6, 6.07) is 15.1. The van der Waals surface area contributed by atoms with Crippen molar-refractivity contribution in [3.05, 3.63) is 66.1 Å². The Bertz CT molecular complexity index is 815. The van der Waals surface area contributed by atoms with Gasteiger partial charge in [0, 0.05) is 5.56 Å². The second-order valence-corrected chi connectivity index (χ2v) is 4.71. The van der Waals surface area contributed by atoms with Crippen LogP contribution in [0.3, 0.4) is 0 Å². The number of aliphatic carboxylic acids is 1. The summed E-state index contributed by atoms with van der Waals surface area (Å²) in [5.74, 6) is -1.39. The minimum absolute atomic E-state index is 0.250. The Morgan fingerprint density at radius 2 is 1.91 bits per heavy atom. The lowest BCUT2D eigenvalue weighted by Gasteiger charge is -2.08. The number of aromatic nitrogens is 3. The molecule has 22 heavy (non-hydrogen) atoms. The van der Waals surface area contributed by atoms with E-state index >= 15 is 0 Å². The molecule has 0 aliphatic carbocycles. The predicted octanol–water partition coefficient (Wildman–Crippen LogP) is 2.70. The third-order valence-corrected chi connectivity index (χ3v) is 3.16. The number of hydrogen-bond acceptors (Lipinski definition) is 3. The number of carboxylic acid groups (broad SMARTS) is 1. The second-order valence-electron chi connectivity index (χ2n) is 4.71. The summed E-state index contributed by atoms with van der Waals surface area (Å²) in [6.45, 7) is 0. The van der Waals surface area contributed by atoms with Crippen molar-refractivity contribution in [2.75, 3.05) is 0 Å². The van der Waals surface area contributed by atoms with Gasteiger partial charge in [-0.2, -0.15) is 0 Å². The van der Waals surface area contributed by atoms with Crippen LogP contribution in [-0.2, 0) is 11.2 Å². The van der Waals surface area contributed by atoms with Gasteiger partial charge in [0.25, 0.3) is 0 Å². The van der Waals surface area contributed by atoms with Gasteiger partial charge in [-0.3, -0.25) is 4.79 Å². The van der Waals surface area contributed by atoms with E-state index in [4.69, 9.17) is 5.11 Å². The molecule has 0 bridgehead atoms. The van der Waals surface area contributed by atoms with Crippen LogP contribution >= 0.6 is 0 Å². The average molecular weight is 297 g/mol. The molecule has 3 aromatic rings. The number of benzene rings is 2. The molecule has 0 spiro atoms. The maximum absolute atomic E-state index is 13.4. The maximum Gasteiger partial charge on any atom is 0.309 e. The van der Waals surface area contributed by atoms with Crippen LogP contribution in [0.1, 0.15) is 5.69 Å². The smallest absolute Gasteiger partial charge is 0.309 e. The van der Waals surface area contributed by atoms with Crippen molar-refractivity contribution in [1.82, 2.24) is 15.0 Å². The van der Waals surface area contributed by atoms with Gasteiger partial charge in [0.05, 0.1) is 17.8 Å². The summed E-state index contributed by atoms with van der Waals surface area (Å²) in [7, 11) is 0. The molecule has 0 saturated carbocycles. The Balaban J connectivity index is 2.19. The fraction of sp³-hybridized carbons (Fsp3) is 0.0625. The van der Waals surface area contributed by atoms with Gasteiger partial charge in [-0.05, 0) is 18.2 Å². The van der Waals surface area contributed by atoms with Gasteiger partial charge < -0.3 is 5.11 Å². The van der Waals surface area contributed by atoms with E-state index in [0.717, 1.165) is 5.56 Å². The first kappa shape index (κ1) is 13.9. The molecule has 0 aliphatic rings. The second kappa shape index (κ2) is 5.77. The van der Waals surface area contributed by atoms with E-state index in [1.807, 2.05) is 30.3 Å². The Hall–Kier alpha value is -3.02. The first-order valence-electron chi connectivity index (χ1n) is 6.63. The zero-order chi connectivity index (χ0) is 15.5. The Kier molecular flexibility index (Phi) is 3.65. The van der Waals surface area contributed by atoms with Crippen LogP contribution in [0.4, 0.5) is 4.39 Å². The van der Waals surface area contributed by atoms with Crippen LogP contribution in [0.5, 0.6) is 0 Å². The van der Waals surface area contributed by atoms with Gasteiger partial charge in [-0.15, -0.1) is 5.10 Å². The lowest BCUT2D eigenvalue weighted by Crippen LogP contribution is -2.04. The van der Waals surface area contributed by atoms with Gasteiger partial charge in [-0.1, -0.05) is 41.6 Å². The van der Waals surface area contributed by atoms with Crippen LogP contribution in [0.15, 0.2) is 54.6 Å². The van der Waals surface area contributed by atoms with E-state index in [2.05, 4.69) is 10.3 Å². The van der Waals surface area contributed by atoms with Gasteiger partial charge in [0.1, 0.15) is 11.5 Å². The van der Waals surface area contributed by atoms with E-state index in [9.17, 15) is 9.18 Å². The highest BCUT2D eigenvalue weighted by Gasteiger charge is 2.18. The van der Waals surface area contributed by atoms with Crippen LogP contribution in [0.2, 0.25) is 0 Å². The Labute approximate surface area is 125 Å². The molecule has 6 heteroatoms. The third kappa shape index (κ3) is 2.71. The lowest BCUT2D eigenvalue weighted by molar-refractivity contribution is -0.136. The van der Waals surface area contributed by atoms with Crippen LogP contribution < -0.4 is 0 Å². The highest BCUT2D eigenvalue weighted by Crippen LogP contribution is 2.25. The van der Waals surface area contributed by atoms with E-state index in [0.29, 0.717) is 17.1 Å². The van der Waals surface area contributed by atoms with E-state index in [1.165, 1.54) is 16.8 Å². The molecule has 0 unspecified atom stereocenters. The Morgan fingerprint density at radius 3 is 2.59 bits per heavy atom. The normalized spacial score (nSPS) is 10.6. The molecule has 0 atom stereocenters. The molecule has 0 amide bonds. The zero-order valence-corrected chi connectivity index (χ0v) is 11.5. The number of carboxylic acids is 1. The lowest BCUT2D eigenvalue weighted by atomic mass is 10.1. The number of rotatable bonds is 4. The zero-order valence-electron chi connectivity index (χ0n) is 11.5. The van der Waals surface area contributed by atoms with Gasteiger partial charge in [0.2, 0.25) is 0 Å². The molecule has 0 aliphatic heterocycles. The molecule has 0 radical (unpaired) electrons. The minimum Gasteiger partial charge on any atom is -0.481 e. The average Bonchev–Trinajstić information content (AvgIpc) is 2.91. The Morgan fingerprint density at radius 1 is 1.14 bits per heavy atom. The fourth-order valence-corrected chi connectivity index (χ4v) is 2.25. The van der Waals surface area contributed by atoms with Gasteiger partial charge in [-0.25, -0.2) is 9.07 Å². The SMILES string of the molecule is O=C(O)Cc1nnn(-c2cccc(F)c2)c1-c1ccccc1. The number of carbonyl (C=O) groups is 1. The third-order valence-electron chi connectivity index (χ3n) is 3.16. The molecule has 1 heterocycles. The van der Waals surface area contributed by atoms with Gasteiger partial charge in [0.15, 0.2) is 0 Å². The molecule has 110 valence electrons. The molecule has 2 aromatic carbocycles. The molecule has 5 nitrogen and oxygen atoms in total. The predicted molar refractivity (Wildman–Crippen MR) is 78.1 cm³/mol. The van der Waals surface area contributed by atoms with Crippen LogP contribution in [0.25, 0.3) is 16.9 Å². The summed E-state index contributed by atoms with van der Waals surface area (Å²) < 4.78 is 14.9. The molecule has 1 aromatic heterocycles. The summed E-state index contributed by atoms with van der Waals surface area (Å²) in [5, 5.41) is 17.0. The molecule has 0 saturated heterocycles. The number of nitrogens with zero attached hydrogens (tertiary/aromatic N) is 3.